The first-order valence-corrected chi connectivity index (χ1v) is 8.11. The van der Waals surface area contributed by atoms with Crippen LogP contribution >= 0.6 is 0 Å². The molecule has 1 aromatic carbocycles. The fourth-order valence-corrected chi connectivity index (χ4v) is 3.08. The third-order valence-corrected chi connectivity index (χ3v) is 4.42. The van der Waals surface area contributed by atoms with Crippen molar-refractivity contribution in [2.45, 2.75) is 39.0 Å². The highest BCUT2D eigenvalue weighted by atomic mass is 15.2. The predicted molar refractivity (Wildman–Crippen MR) is 88.5 cm³/mol. The van der Waals surface area contributed by atoms with E-state index in [4.69, 9.17) is 0 Å². The fraction of sp³-hybridized carbons (Fsp3) is 0.667. The number of aryl methyl sites for hydroxylation is 1. The van der Waals surface area contributed by atoms with Crippen LogP contribution < -0.4 is 4.90 Å². The molecule has 0 amide bonds. The van der Waals surface area contributed by atoms with E-state index < -0.39 is 0 Å². The van der Waals surface area contributed by atoms with Crippen LogP contribution in [0.1, 0.15) is 37.7 Å². The highest BCUT2D eigenvalue weighted by Crippen LogP contribution is 2.26. The maximum Gasteiger partial charge on any atom is 0.0366 e. The Morgan fingerprint density at radius 1 is 0.950 bits per heavy atom. The summed E-state index contributed by atoms with van der Waals surface area (Å²) in [5.41, 5.74) is 2.74. The minimum absolute atomic E-state index is 0.896. The van der Waals surface area contributed by atoms with E-state index >= 15 is 0 Å². The highest BCUT2D eigenvalue weighted by Gasteiger charge is 2.17. The molecule has 2 nitrogen and oxygen atoms in total. The Labute approximate surface area is 124 Å². The van der Waals surface area contributed by atoms with Gasteiger partial charge in [-0.1, -0.05) is 37.0 Å². The maximum absolute atomic E-state index is 2.59. The van der Waals surface area contributed by atoms with Crippen LogP contribution in [0.3, 0.4) is 0 Å². The average molecular weight is 274 g/mol. The second-order valence-electron chi connectivity index (χ2n) is 6.59. The van der Waals surface area contributed by atoms with Crippen molar-refractivity contribution in [1.29, 1.82) is 0 Å². The molecule has 0 saturated heterocycles. The van der Waals surface area contributed by atoms with Gasteiger partial charge in [0.05, 0.1) is 0 Å². The first-order valence-electron chi connectivity index (χ1n) is 8.11. The lowest BCUT2D eigenvalue weighted by molar-refractivity contribution is 0.349. The summed E-state index contributed by atoms with van der Waals surface area (Å²) < 4.78 is 0. The number of anilines is 1. The first-order chi connectivity index (χ1) is 9.65. The molecule has 1 saturated carbocycles. The molecule has 0 N–H and O–H groups in total. The second kappa shape index (κ2) is 7.68. The van der Waals surface area contributed by atoms with Gasteiger partial charge in [-0.3, -0.25) is 0 Å². The lowest BCUT2D eigenvalue weighted by atomic mass is 9.89. The fourth-order valence-electron chi connectivity index (χ4n) is 3.08. The van der Waals surface area contributed by atoms with Gasteiger partial charge in [0, 0.05) is 25.3 Å². The van der Waals surface area contributed by atoms with Gasteiger partial charge in [0.25, 0.3) is 0 Å². The number of rotatable bonds is 6. The van der Waals surface area contributed by atoms with Gasteiger partial charge < -0.3 is 9.80 Å². The summed E-state index contributed by atoms with van der Waals surface area (Å²) in [5.74, 6) is 0.896. The van der Waals surface area contributed by atoms with Gasteiger partial charge in [-0.25, -0.2) is 0 Å². The molecule has 112 valence electrons. The molecular formula is C18H30N2. The Balaban J connectivity index is 2.00. The Morgan fingerprint density at radius 3 is 2.20 bits per heavy atom. The van der Waals surface area contributed by atoms with Crippen LogP contribution in [0, 0.1) is 12.8 Å². The van der Waals surface area contributed by atoms with E-state index in [-0.39, 0.29) is 0 Å². The summed E-state index contributed by atoms with van der Waals surface area (Å²) in [6, 6.07) is 9.04. The van der Waals surface area contributed by atoms with E-state index in [0.29, 0.717) is 0 Å². The topological polar surface area (TPSA) is 6.48 Å². The van der Waals surface area contributed by atoms with Gasteiger partial charge >= 0.3 is 0 Å². The molecule has 0 heterocycles. The number of benzene rings is 1. The second-order valence-corrected chi connectivity index (χ2v) is 6.59. The van der Waals surface area contributed by atoms with E-state index in [1.54, 1.807) is 0 Å². The Kier molecular flexibility index (Phi) is 5.90. The molecule has 0 bridgehead atoms. The van der Waals surface area contributed by atoms with Crippen LogP contribution in [0.4, 0.5) is 5.69 Å². The molecule has 1 aromatic rings. The molecule has 0 spiro atoms. The third kappa shape index (κ3) is 4.82. The Bertz CT molecular complexity index is 377. The van der Waals surface area contributed by atoms with Crippen LogP contribution in [0.15, 0.2) is 24.3 Å². The summed E-state index contributed by atoms with van der Waals surface area (Å²) in [7, 11) is 4.32. The van der Waals surface area contributed by atoms with Gasteiger partial charge in [-0.2, -0.15) is 0 Å². The molecule has 20 heavy (non-hydrogen) atoms. The van der Waals surface area contributed by atoms with Gasteiger partial charge in [-0.15, -0.1) is 0 Å². The van der Waals surface area contributed by atoms with Crippen molar-refractivity contribution in [2.75, 3.05) is 38.6 Å². The Hall–Kier alpha value is -1.02. The predicted octanol–water partition coefficient (Wildman–Crippen LogP) is 3.94. The van der Waals surface area contributed by atoms with E-state index in [0.717, 1.165) is 19.0 Å². The molecule has 0 aliphatic heterocycles. The molecule has 2 rings (SSSR count). The smallest absolute Gasteiger partial charge is 0.0366 e. The maximum atomic E-state index is 2.59. The summed E-state index contributed by atoms with van der Waals surface area (Å²) in [6.45, 7) is 5.65. The third-order valence-electron chi connectivity index (χ3n) is 4.42. The van der Waals surface area contributed by atoms with Crippen molar-refractivity contribution in [3.63, 3.8) is 0 Å². The molecule has 1 aliphatic rings. The molecule has 1 aliphatic carbocycles. The minimum atomic E-state index is 0.896. The summed E-state index contributed by atoms with van der Waals surface area (Å²) >= 11 is 0. The van der Waals surface area contributed by atoms with Gasteiger partial charge in [0.2, 0.25) is 0 Å². The van der Waals surface area contributed by atoms with Crippen LogP contribution in [-0.2, 0) is 0 Å². The number of hydrogen-bond donors (Lipinski definition) is 0. The van der Waals surface area contributed by atoms with Crippen molar-refractivity contribution in [2.24, 2.45) is 5.92 Å². The van der Waals surface area contributed by atoms with Crippen molar-refractivity contribution < 1.29 is 0 Å². The van der Waals surface area contributed by atoms with E-state index in [1.807, 2.05) is 0 Å². The minimum Gasteiger partial charge on any atom is -0.370 e. The number of likely N-dealkylation sites (N-methyl/N-ethyl adjacent to an activating group) is 1. The number of hydrogen-bond acceptors (Lipinski definition) is 2. The van der Waals surface area contributed by atoms with Crippen molar-refractivity contribution in [3.05, 3.63) is 29.8 Å². The Morgan fingerprint density at radius 2 is 1.60 bits per heavy atom. The molecular weight excluding hydrogens is 244 g/mol. The summed E-state index contributed by atoms with van der Waals surface area (Å²) in [6.07, 6.45) is 7.15. The zero-order valence-corrected chi connectivity index (χ0v) is 13.4. The zero-order valence-electron chi connectivity index (χ0n) is 13.4. The van der Waals surface area contributed by atoms with Crippen LogP contribution in [0.2, 0.25) is 0 Å². The van der Waals surface area contributed by atoms with Gasteiger partial charge in [0.15, 0.2) is 0 Å². The first kappa shape index (κ1) is 15.4. The van der Waals surface area contributed by atoms with Gasteiger partial charge in [0.1, 0.15) is 0 Å². The van der Waals surface area contributed by atoms with E-state index in [9.17, 15) is 0 Å². The quantitative estimate of drug-likeness (QED) is 0.775. The lowest BCUT2D eigenvalue weighted by Gasteiger charge is -2.32. The molecule has 1 fully saturated rings. The summed E-state index contributed by atoms with van der Waals surface area (Å²) in [4.78, 5) is 4.87. The monoisotopic (exact) mass is 274 g/mol. The molecule has 0 aromatic heterocycles. The standard InChI is InChI=1S/C18H30N2/c1-16-9-11-18(12-10-16)20(14-13-19(2)3)15-17-7-5-4-6-8-17/h9-12,17H,4-8,13-15H2,1-3H3. The largest absolute Gasteiger partial charge is 0.370 e. The van der Waals surface area contributed by atoms with E-state index in [1.165, 1.54) is 49.9 Å². The zero-order chi connectivity index (χ0) is 14.4. The summed E-state index contributed by atoms with van der Waals surface area (Å²) in [5, 5.41) is 0. The van der Waals surface area contributed by atoms with Crippen LogP contribution in [-0.4, -0.2) is 38.6 Å². The average Bonchev–Trinajstić information content (AvgIpc) is 2.45. The van der Waals surface area contributed by atoms with Crippen LogP contribution in [0.25, 0.3) is 0 Å². The lowest BCUT2D eigenvalue weighted by Crippen LogP contribution is -2.36. The van der Waals surface area contributed by atoms with Crippen LogP contribution in [0.5, 0.6) is 0 Å². The van der Waals surface area contributed by atoms with Crippen molar-refractivity contribution in [3.8, 4) is 0 Å². The number of nitrogens with zero attached hydrogens (tertiary/aromatic N) is 2. The van der Waals surface area contributed by atoms with E-state index in [2.05, 4.69) is 55.1 Å². The molecule has 0 atom stereocenters. The normalized spacial score (nSPS) is 16.6. The highest BCUT2D eigenvalue weighted by molar-refractivity contribution is 5.47. The van der Waals surface area contributed by atoms with Crippen molar-refractivity contribution in [1.82, 2.24) is 4.90 Å². The molecule has 0 radical (unpaired) electrons. The molecule has 2 heteroatoms. The SMILES string of the molecule is Cc1ccc(N(CCN(C)C)CC2CCCCC2)cc1. The molecule has 0 unspecified atom stereocenters. The van der Waals surface area contributed by atoms with Gasteiger partial charge in [-0.05, 0) is 51.9 Å². The van der Waals surface area contributed by atoms with Crippen molar-refractivity contribution >= 4 is 5.69 Å².